The minimum absolute atomic E-state index is 0.332. The van der Waals surface area contributed by atoms with Crippen LogP contribution < -0.4 is 5.90 Å². The Morgan fingerprint density at radius 2 is 2.00 bits per heavy atom. The molecular weight excluding hydrogens is 138 g/mol. The molecule has 0 unspecified atom stereocenters. The Labute approximate surface area is 56.7 Å². The van der Waals surface area contributed by atoms with Crippen molar-refractivity contribution in [2.45, 2.75) is 12.8 Å². The van der Waals surface area contributed by atoms with E-state index in [1.54, 1.807) is 0 Å². The van der Waals surface area contributed by atoms with Gasteiger partial charge in [-0.2, -0.15) is 5.90 Å². The zero-order chi connectivity index (χ0) is 7.78. The molecule has 0 spiro atoms. The van der Waals surface area contributed by atoms with Gasteiger partial charge < -0.3 is 9.94 Å². The van der Waals surface area contributed by atoms with Gasteiger partial charge in [0, 0.05) is 0 Å². The lowest BCUT2D eigenvalue weighted by Gasteiger charge is -2.03. The van der Waals surface area contributed by atoms with Gasteiger partial charge in [-0.25, -0.2) is 4.79 Å². The van der Waals surface area contributed by atoms with Crippen LogP contribution in [0.2, 0.25) is 0 Å². The summed E-state index contributed by atoms with van der Waals surface area (Å²) in [6.45, 7) is 0. The van der Waals surface area contributed by atoms with Crippen LogP contribution in [0.25, 0.3) is 0 Å². The summed E-state index contributed by atoms with van der Waals surface area (Å²) >= 11 is 0. The molecule has 0 amide bonds. The van der Waals surface area contributed by atoms with E-state index in [1.165, 1.54) is 0 Å². The van der Waals surface area contributed by atoms with Crippen molar-refractivity contribution in [2.24, 2.45) is 11.3 Å². The molecule has 0 radical (unpaired) electrons. The Morgan fingerprint density at radius 1 is 1.50 bits per heavy atom. The number of hydrogen-bond donors (Lipinski definition) is 2. The zero-order valence-corrected chi connectivity index (χ0v) is 5.16. The molecule has 1 aliphatic carbocycles. The van der Waals surface area contributed by atoms with Crippen LogP contribution in [0, 0.1) is 5.41 Å². The van der Waals surface area contributed by atoms with Crippen LogP contribution in [0.4, 0.5) is 0 Å². The Morgan fingerprint density at radius 3 is 2.10 bits per heavy atom. The lowest BCUT2D eigenvalue weighted by Crippen LogP contribution is -2.29. The molecule has 5 heteroatoms. The predicted octanol–water partition coefficient (Wildman–Crippen LogP) is -0.732. The number of carbonyl (C=O) groups excluding carboxylic acids is 1. The summed E-state index contributed by atoms with van der Waals surface area (Å²) in [5.74, 6) is 2.53. The van der Waals surface area contributed by atoms with E-state index in [0.29, 0.717) is 12.8 Å². The van der Waals surface area contributed by atoms with E-state index in [-0.39, 0.29) is 0 Å². The summed E-state index contributed by atoms with van der Waals surface area (Å²) in [5.41, 5.74) is -1.31. The number of carboxylic acids is 1. The first-order valence-electron chi connectivity index (χ1n) is 2.78. The molecule has 56 valence electrons. The first-order chi connectivity index (χ1) is 4.63. The molecule has 0 heterocycles. The lowest BCUT2D eigenvalue weighted by atomic mass is 10.1. The molecule has 3 N–H and O–H groups in total. The topological polar surface area (TPSA) is 89.6 Å². The number of nitrogens with two attached hydrogens (primary N) is 1. The normalized spacial score (nSPS) is 19.7. The Bertz CT molecular complexity index is 184. The van der Waals surface area contributed by atoms with Crippen molar-refractivity contribution < 1.29 is 19.5 Å². The van der Waals surface area contributed by atoms with Gasteiger partial charge in [-0.3, -0.25) is 4.79 Å². The van der Waals surface area contributed by atoms with Crippen LogP contribution in [0.3, 0.4) is 0 Å². The van der Waals surface area contributed by atoms with Crippen LogP contribution in [0.1, 0.15) is 12.8 Å². The summed E-state index contributed by atoms with van der Waals surface area (Å²) < 4.78 is 0. The fourth-order valence-electron chi connectivity index (χ4n) is 0.743. The molecule has 0 bridgehead atoms. The van der Waals surface area contributed by atoms with Crippen LogP contribution in [-0.4, -0.2) is 17.0 Å². The third-order valence-corrected chi connectivity index (χ3v) is 1.66. The summed E-state index contributed by atoms with van der Waals surface area (Å²) in [4.78, 5) is 24.8. The molecule has 1 aliphatic rings. The molecule has 0 saturated heterocycles. The van der Waals surface area contributed by atoms with Crippen LogP contribution >= 0.6 is 0 Å². The number of rotatable bonds is 2. The molecule has 1 rings (SSSR count). The summed E-state index contributed by atoms with van der Waals surface area (Å²) in [6.07, 6.45) is 0.663. The Kier molecular flexibility index (Phi) is 1.37. The minimum atomic E-state index is -1.31. The highest BCUT2D eigenvalue weighted by atomic mass is 16.7. The molecule has 0 aliphatic heterocycles. The van der Waals surface area contributed by atoms with Crippen molar-refractivity contribution in [1.82, 2.24) is 0 Å². The van der Waals surface area contributed by atoms with Crippen LogP contribution in [-0.2, 0) is 14.4 Å². The first-order valence-corrected chi connectivity index (χ1v) is 2.78. The number of aliphatic carboxylic acids is 1. The van der Waals surface area contributed by atoms with Crippen LogP contribution in [0.5, 0.6) is 0 Å². The fraction of sp³-hybridized carbons (Fsp3) is 0.600. The molecule has 1 fully saturated rings. The van der Waals surface area contributed by atoms with Crippen LogP contribution in [0.15, 0.2) is 0 Å². The van der Waals surface area contributed by atoms with Crippen molar-refractivity contribution in [2.75, 3.05) is 0 Å². The highest BCUT2D eigenvalue weighted by Crippen LogP contribution is 2.46. The van der Waals surface area contributed by atoms with Gasteiger partial charge in [-0.1, -0.05) is 0 Å². The van der Waals surface area contributed by atoms with Gasteiger partial charge in [0.2, 0.25) is 0 Å². The van der Waals surface area contributed by atoms with Gasteiger partial charge in [0.05, 0.1) is 0 Å². The van der Waals surface area contributed by atoms with Gasteiger partial charge in [-0.05, 0) is 12.8 Å². The van der Waals surface area contributed by atoms with Crippen molar-refractivity contribution in [3.05, 3.63) is 0 Å². The van der Waals surface area contributed by atoms with E-state index in [1.807, 2.05) is 0 Å². The third kappa shape index (κ3) is 0.750. The number of carboxylic acid groups (broad SMARTS) is 1. The van der Waals surface area contributed by atoms with Gasteiger partial charge in [0.15, 0.2) is 5.41 Å². The van der Waals surface area contributed by atoms with Gasteiger partial charge in [-0.15, -0.1) is 0 Å². The van der Waals surface area contributed by atoms with E-state index in [4.69, 9.17) is 5.11 Å². The second-order valence-corrected chi connectivity index (χ2v) is 2.29. The highest BCUT2D eigenvalue weighted by molar-refractivity contribution is 6.02. The third-order valence-electron chi connectivity index (χ3n) is 1.66. The molecule has 0 aromatic heterocycles. The van der Waals surface area contributed by atoms with Crippen molar-refractivity contribution in [3.63, 3.8) is 0 Å². The maximum absolute atomic E-state index is 10.6. The highest BCUT2D eigenvalue weighted by Gasteiger charge is 2.58. The second kappa shape index (κ2) is 1.95. The molecule has 0 aromatic rings. The van der Waals surface area contributed by atoms with Gasteiger partial charge in [0.25, 0.3) is 0 Å². The standard InChI is InChI=1S/C5H7NO4/c6-10-4(9)5(1-2-5)3(7)8/h1-2,6H2,(H,7,8). The molecule has 0 aromatic carbocycles. The maximum Gasteiger partial charge on any atom is 0.341 e. The SMILES string of the molecule is NOC(=O)C1(C(=O)O)CC1. The fourth-order valence-corrected chi connectivity index (χ4v) is 0.743. The van der Waals surface area contributed by atoms with E-state index in [0.717, 1.165) is 0 Å². The smallest absolute Gasteiger partial charge is 0.341 e. The van der Waals surface area contributed by atoms with E-state index in [2.05, 4.69) is 10.7 Å². The minimum Gasteiger partial charge on any atom is -0.480 e. The van der Waals surface area contributed by atoms with Gasteiger partial charge >= 0.3 is 11.9 Å². The number of carbonyl (C=O) groups is 2. The molecule has 0 atom stereocenters. The molecule has 5 nitrogen and oxygen atoms in total. The molecule has 10 heavy (non-hydrogen) atoms. The summed E-state index contributed by atoms with van der Waals surface area (Å²) in [6, 6.07) is 0. The Hall–Kier alpha value is -1.10. The number of hydrogen-bond acceptors (Lipinski definition) is 4. The average molecular weight is 145 g/mol. The van der Waals surface area contributed by atoms with Crippen molar-refractivity contribution in [1.29, 1.82) is 0 Å². The summed E-state index contributed by atoms with van der Waals surface area (Å²) in [7, 11) is 0. The lowest BCUT2D eigenvalue weighted by molar-refractivity contribution is -0.161. The average Bonchev–Trinajstić information content (AvgIpc) is 2.65. The second-order valence-electron chi connectivity index (χ2n) is 2.29. The quantitative estimate of drug-likeness (QED) is 0.395. The van der Waals surface area contributed by atoms with E-state index in [9.17, 15) is 9.59 Å². The predicted molar refractivity (Wildman–Crippen MR) is 29.6 cm³/mol. The molecule has 1 saturated carbocycles. The largest absolute Gasteiger partial charge is 0.480 e. The maximum atomic E-state index is 10.6. The van der Waals surface area contributed by atoms with E-state index < -0.39 is 17.4 Å². The zero-order valence-electron chi connectivity index (χ0n) is 5.16. The molecular formula is C5H7NO4. The monoisotopic (exact) mass is 145 g/mol. The van der Waals surface area contributed by atoms with Gasteiger partial charge in [0.1, 0.15) is 0 Å². The summed E-state index contributed by atoms with van der Waals surface area (Å²) in [5, 5.41) is 8.45. The van der Waals surface area contributed by atoms with Crippen molar-refractivity contribution in [3.8, 4) is 0 Å². The Balaban J connectivity index is 2.69. The first kappa shape index (κ1) is 7.01. The van der Waals surface area contributed by atoms with E-state index >= 15 is 0 Å². The van der Waals surface area contributed by atoms with Crippen molar-refractivity contribution >= 4 is 11.9 Å².